The topological polar surface area (TPSA) is 70.1 Å². The van der Waals surface area contributed by atoms with Crippen molar-refractivity contribution < 1.29 is 19.4 Å². The van der Waals surface area contributed by atoms with Gasteiger partial charge in [0.15, 0.2) is 0 Å². The molecule has 0 aliphatic carbocycles. The predicted molar refractivity (Wildman–Crippen MR) is 78.2 cm³/mol. The monoisotopic (exact) mass is 298 g/mol. The molecule has 2 heterocycles. The largest absolute Gasteiger partial charge is 0.480 e. The summed E-state index contributed by atoms with van der Waals surface area (Å²) in [6.45, 7) is 4.38. The van der Waals surface area contributed by atoms with E-state index in [0.717, 1.165) is 38.7 Å². The summed E-state index contributed by atoms with van der Waals surface area (Å²) < 4.78 is 5.59. The summed E-state index contributed by atoms with van der Waals surface area (Å²) in [4.78, 5) is 27.4. The van der Waals surface area contributed by atoms with E-state index >= 15 is 0 Å². The third kappa shape index (κ3) is 4.09. The lowest BCUT2D eigenvalue weighted by Crippen LogP contribution is -2.52. The van der Waals surface area contributed by atoms with E-state index in [2.05, 4.69) is 0 Å². The molecule has 6 heteroatoms. The highest BCUT2D eigenvalue weighted by Gasteiger charge is 2.34. The van der Waals surface area contributed by atoms with Crippen molar-refractivity contribution in [1.82, 2.24) is 9.80 Å². The van der Waals surface area contributed by atoms with Gasteiger partial charge in [0.2, 0.25) is 0 Å². The Morgan fingerprint density at radius 3 is 2.67 bits per heavy atom. The average Bonchev–Trinajstić information content (AvgIpc) is 2.85. The van der Waals surface area contributed by atoms with Gasteiger partial charge in [0.05, 0.1) is 6.10 Å². The molecule has 2 saturated heterocycles. The van der Waals surface area contributed by atoms with Crippen molar-refractivity contribution in [2.24, 2.45) is 0 Å². The van der Waals surface area contributed by atoms with E-state index in [1.807, 2.05) is 6.92 Å². The van der Waals surface area contributed by atoms with Gasteiger partial charge >= 0.3 is 12.0 Å². The highest BCUT2D eigenvalue weighted by atomic mass is 16.5. The molecule has 2 unspecified atom stereocenters. The van der Waals surface area contributed by atoms with Crippen molar-refractivity contribution >= 4 is 12.0 Å². The Bertz CT molecular complexity index is 369. The fourth-order valence-corrected chi connectivity index (χ4v) is 3.15. The number of urea groups is 1. The second-order valence-corrected chi connectivity index (χ2v) is 5.85. The number of nitrogens with zero attached hydrogens (tertiary/aromatic N) is 2. The smallest absolute Gasteiger partial charge is 0.326 e. The summed E-state index contributed by atoms with van der Waals surface area (Å²) in [6, 6.07) is -0.833. The molecular weight excluding hydrogens is 272 g/mol. The molecule has 0 spiro atoms. The normalized spacial score (nSPS) is 26.4. The summed E-state index contributed by atoms with van der Waals surface area (Å²) in [5, 5.41) is 9.38. The first-order valence-corrected chi connectivity index (χ1v) is 8.03. The molecule has 0 aromatic heterocycles. The third-order valence-electron chi connectivity index (χ3n) is 4.38. The zero-order chi connectivity index (χ0) is 15.2. The molecule has 2 aliphatic heterocycles. The molecule has 1 N–H and O–H groups in total. The van der Waals surface area contributed by atoms with E-state index in [-0.39, 0.29) is 12.1 Å². The second kappa shape index (κ2) is 7.64. The van der Waals surface area contributed by atoms with Crippen LogP contribution >= 0.6 is 0 Å². The van der Waals surface area contributed by atoms with Crippen molar-refractivity contribution in [3.63, 3.8) is 0 Å². The van der Waals surface area contributed by atoms with Gasteiger partial charge < -0.3 is 19.6 Å². The van der Waals surface area contributed by atoms with E-state index in [1.165, 1.54) is 0 Å². The van der Waals surface area contributed by atoms with Gasteiger partial charge in [0, 0.05) is 26.2 Å². The number of carbonyl (C=O) groups is 2. The van der Waals surface area contributed by atoms with Gasteiger partial charge in [0.1, 0.15) is 6.04 Å². The summed E-state index contributed by atoms with van der Waals surface area (Å²) in [5.41, 5.74) is 0. The van der Waals surface area contributed by atoms with Gasteiger partial charge in [-0.3, -0.25) is 0 Å². The minimum atomic E-state index is -0.890. The maximum Gasteiger partial charge on any atom is 0.326 e. The molecule has 2 fully saturated rings. The first-order valence-electron chi connectivity index (χ1n) is 8.03. The molecule has 2 amide bonds. The van der Waals surface area contributed by atoms with E-state index in [1.54, 1.807) is 9.80 Å². The van der Waals surface area contributed by atoms with Crippen LogP contribution < -0.4 is 0 Å². The van der Waals surface area contributed by atoms with Crippen LogP contribution in [0.5, 0.6) is 0 Å². The molecule has 0 aromatic carbocycles. The van der Waals surface area contributed by atoms with Crippen molar-refractivity contribution in [2.75, 3.05) is 26.2 Å². The fourth-order valence-electron chi connectivity index (χ4n) is 3.15. The number of likely N-dealkylation sites (tertiary alicyclic amines) is 1. The van der Waals surface area contributed by atoms with E-state index in [0.29, 0.717) is 26.1 Å². The number of aliphatic carboxylic acids is 1. The van der Waals surface area contributed by atoms with Crippen molar-refractivity contribution in [1.29, 1.82) is 0 Å². The van der Waals surface area contributed by atoms with Crippen molar-refractivity contribution in [2.45, 2.75) is 57.6 Å². The SMILES string of the molecule is CCN(CC1CCCO1)C(=O)N1CCCCCC1C(=O)O. The molecule has 0 saturated carbocycles. The first kappa shape index (κ1) is 16.1. The Hall–Kier alpha value is -1.30. The summed E-state index contributed by atoms with van der Waals surface area (Å²) in [6.07, 6.45) is 5.42. The highest BCUT2D eigenvalue weighted by Crippen LogP contribution is 2.20. The van der Waals surface area contributed by atoms with Crippen molar-refractivity contribution in [3.8, 4) is 0 Å². The number of likely N-dealkylation sites (N-methyl/N-ethyl adjacent to an activating group) is 1. The lowest BCUT2D eigenvalue weighted by atomic mass is 10.1. The first-order chi connectivity index (χ1) is 10.1. The van der Waals surface area contributed by atoms with Gasteiger partial charge in [0.25, 0.3) is 0 Å². The Kier molecular flexibility index (Phi) is 5.85. The van der Waals surface area contributed by atoms with E-state index in [9.17, 15) is 14.7 Å². The van der Waals surface area contributed by atoms with E-state index in [4.69, 9.17) is 4.74 Å². The molecule has 0 bridgehead atoms. The predicted octanol–water partition coefficient (Wildman–Crippen LogP) is 1.94. The number of carboxylic acid groups (broad SMARTS) is 1. The number of amides is 2. The van der Waals surface area contributed by atoms with Gasteiger partial charge in [-0.15, -0.1) is 0 Å². The molecule has 6 nitrogen and oxygen atoms in total. The zero-order valence-corrected chi connectivity index (χ0v) is 12.8. The number of carbonyl (C=O) groups excluding carboxylic acids is 1. The lowest BCUT2D eigenvalue weighted by molar-refractivity contribution is -0.142. The van der Waals surface area contributed by atoms with Crippen LogP contribution in [0.25, 0.3) is 0 Å². The van der Waals surface area contributed by atoms with Crippen LogP contribution in [-0.4, -0.2) is 65.3 Å². The van der Waals surface area contributed by atoms with Crippen LogP contribution in [-0.2, 0) is 9.53 Å². The number of hydrogen-bond donors (Lipinski definition) is 1. The number of hydrogen-bond acceptors (Lipinski definition) is 3. The Labute approximate surface area is 126 Å². The molecule has 0 aromatic rings. The van der Waals surface area contributed by atoms with Gasteiger partial charge in [-0.2, -0.15) is 0 Å². The maximum absolute atomic E-state index is 12.7. The Morgan fingerprint density at radius 2 is 2.05 bits per heavy atom. The molecule has 120 valence electrons. The quantitative estimate of drug-likeness (QED) is 0.861. The van der Waals surface area contributed by atoms with Crippen molar-refractivity contribution in [3.05, 3.63) is 0 Å². The standard InChI is InChI=1S/C15H26N2O4/c1-2-16(11-12-7-6-10-21-12)15(20)17-9-5-3-4-8-13(17)14(18)19/h12-13H,2-11H2,1H3,(H,18,19). The Morgan fingerprint density at radius 1 is 1.24 bits per heavy atom. The third-order valence-corrected chi connectivity index (χ3v) is 4.38. The van der Waals surface area contributed by atoms with Crippen LogP contribution in [0.4, 0.5) is 4.79 Å². The fraction of sp³-hybridized carbons (Fsp3) is 0.867. The van der Waals surface area contributed by atoms with Crippen LogP contribution in [0.1, 0.15) is 45.4 Å². The highest BCUT2D eigenvalue weighted by molar-refractivity contribution is 5.82. The number of ether oxygens (including phenoxy) is 1. The zero-order valence-electron chi connectivity index (χ0n) is 12.8. The van der Waals surface area contributed by atoms with Crippen LogP contribution in [0.3, 0.4) is 0 Å². The van der Waals surface area contributed by atoms with Gasteiger partial charge in [-0.05, 0) is 32.6 Å². The molecule has 2 rings (SSSR count). The maximum atomic E-state index is 12.7. The second-order valence-electron chi connectivity index (χ2n) is 5.85. The minimum Gasteiger partial charge on any atom is -0.480 e. The lowest BCUT2D eigenvalue weighted by Gasteiger charge is -2.33. The summed E-state index contributed by atoms with van der Waals surface area (Å²) in [5.74, 6) is -0.890. The minimum absolute atomic E-state index is 0.101. The van der Waals surface area contributed by atoms with Crippen LogP contribution in [0.15, 0.2) is 0 Å². The molecule has 2 atom stereocenters. The van der Waals surface area contributed by atoms with Crippen LogP contribution in [0, 0.1) is 0 Å². The average molecular weight is 298 g/mol. The Balaban J connectivity index is 2.03. The molecule has 21 heavy (non-hydrogen) atoms. The van der Waals surface area contributed by atoms with Gasteiger partial charge in [-0.25, -0.2) is 9.59 Å². The van der Waals surface area contributed by atoms with Gasteiger partial charge in [-0.1, -0.05) is 12.8 Å². The molecule has 2 aliphatic rings. The molecular formula is C15H26N2O4. The van der Waals surface area contributed by atoms with Crippen LogP contribution in [0.2, 0.25) is 0 Å². The summed E-state index contributed by atoms with van der Waals surface area (Å²) in [7, 11) is 0. The number of rotatable bonds is 4. The molecule has 0 radical (unpaired) electrons. The van der Waals surface area contributed by atoms with E-state index < -0.39 is 12.0 Å². The summed E-state index contributed by atoms with van der Waals surface area (Å²) >= 11 is 0. The number of carboxylic acids is 1.